The van der Waals surface area contributed by atoms with Gasteiger partial charge in [0.2, 0.25) is 0 Å². The Morgan fingerprint density at radius 3 is 1.17 bits per heavy atom. The van der Waals surface area contributed by atoms with Crippen LogP contribution in [0.5, 0.6) is 0 Å². The number of hydrogen-bond acceptors (Lipinski definition) is 0. The molecule has 12 aromatic carbocycles. The maximum atomic E-state index is 2.55. The van der Waals surface area contributed by atoms with Gasteiger partial charge in [-0.2, -0.15) is 0 Å². The highest BCUT2D eigenvalue weighted by Crippen LogP contribution is 2.58. The maximum Gasteiger partial charge on any atom is 0.0714 e. The molecule has 0 amide bonds. The lowest BCUT2D eigenvalue weighted by Crippen LogP contribution is -2.28. The summed E-state index contributed by atoms with van der Waals surface area (Å²) >= 11 is 0. The summed E-state index contributed by atoms with van der Waals surface area (Å²) < 4.78 is 7.46. The Balaban J connectivity index is 0.978. The topological polar surface area (TPSA) is 14.8 Å². The van der Waals surface area contributed by atoms with Gasteiger partial charge in [0.15, 0.2) is 0 Å². The third-order valence-electron chi connectivity index (χ3n) is 16.5. The zero-order chi connectivity index (χ0) is 49.9. The molecule has 0 N–H and O–H groups in total. The van der Waals surface area contributed by atoms with E-state index in [4.69, 9.17) is 0 Å². The van der Waals surface area contributed by atoms with Gasteiger partial charge in [-0.3, -0.25) is 0 Å². The van der Waals surface area contributed by atoms with Gasteiger partial charge in [-0.1, -0.05) is 212 Å². The van der Waals surface area contributed by atoms with E-state index in [1.54, 1.807) is 0 Å². The normalized spacial score (nSPS) is 12.8. The van der Waals surface area contributed by atoms with Crippen LogP contribution < -0.4 is 0 Å². The number of nitrogens with zero attached hydrogens (tertiary/aromatic N) is 3. The Bertz CT molecular complexity index is 4740. The van der Waals surface area contributed by atoms with Crippen LogP contribution in [0, 0.1) is 0 Å². The molecule has 0 aliphatic heterocycles. The Hall–Kier alpha value is -9.96. The van der Waals surface area contributed by atoms with Gasteiger partial charge in [-0.05, 0) is 128 Å². The molecule has 0 unspecified atom stereocenters. The van der Waals surface area contributed by atoms with E-state index >= 15 is 0 Å². The molecule has 0 spiro atoms. The fourth-order valence-corrected chi connectivity index (χ4v) is 13.2. The lowest BCUT2D eigenvalue weighted by molar-refractivity contribution is 0.768. The van der Waals surface area contributed by atoms with Crippen LogP contribution in [0.3, 0.4) is 0 Å². The van der Waals surface area contributed by atoms with Gasteiger partial charge in [-0.25, -0.2) is 0 Å². The molecule has 0 bridgehead atoms. The van der Waals surface area contributed by atoms with E-state index in [1.165, 1.54) is 116 Å². The molecule has 16 rings (SSSR count). The number of rotatable bonds is 7. The molecular weight excluding hydrogens is 919 g/mol. The summed E-state index contributed by atoms with van der Waals surface area (Å²) in [6.45, 7) is 0. The summed E-state index contributed by atoms with van der Waals surface area (Å²) in [5, 5.41) is 7.40. The number of aromatic nitrogens is 3. The van der Waals surface area contributed by atoms with E-state index in [2.05, 4.69) is 299 Å². The Morgan fingerprint density at radius 1 is 0.211 bits per heavy atom. The first kappa shape index (κ1) is 42.5. The number of para-hydroxylation sites is 3. The first-order chi connectivity index (χ1) is 37.7. The van der Waals surface area contributed by atoms with Crippen LogP contribution in [0.15, 0.2) is 285 Å². The molecule has 1 aliphatic carbocycles. The summed E-state index contributed by atoms with van der Waals surface area (Å²) in [7, 11) is 0. The molecule has 0 radical (unpaired) electrons. The molecule has 1 aliphatic rings. The van der Waals surface area contributed by atoms with Crippen LogP contribution in [0.25, 0.3) is 116 Å². The lowest BCUT2D eigenvalue weighted by Gasteiger charge is -2.34. The molecule has 3 nitrogen and oxygen atoms in total. The third-order valence-corrected chi connectivity index (χ3v) is 16.5. The standard InChI is InChI=1S/C73H47N3/c1-6-20-48(21-7-1)50-34-38-60-58-30-16-18-32-67(58)75(69(60)42-50)55-36-40-57-63-47-72-64(46-66(63)73(65(57)44-55,52-24-10-3-11-25-52)53-26-12-4-13-27-53)62-41-37-56(45-71(62)74(72)54-28-14-5-15-29-54)76-68-33-19-17-31-59(68)61-39-35-51(43-70(61)76)49-22-8-2-9-23-49/h1-47H. The van der Waals surface area contributed by atoms with Gasteiger partial charge in [0.05, 0.1) is 38.5 Å². The second-order valence-electron chi connectivity index (χ2n) is 20.4. The summed E-state index contributed by atoms with van der Waals surface area (Å²) in [6, 6.07) is 106. The van der Waals surface area contributed by atoms with Gasteiger partial charge in [0.25, 0.3) is 0 Å². The zero-order valence-electron chi connectivity index (χ0n) is 41.5. The quantitative estimate of drug-likeness (QED) is 0.151. The predicted octanol–water partition coefficient (Wildman–Crippen LogP) is 18.7. The molecule has 0 atom stereocenters. The van der Waals surface area contributed by atoms with Crippen LogP contribution in [0.2, 0.25) is 0 Å². The number of benzene rings is 12. The number of hydrogen-bond donors (Lipinski definition) is 0. The Kier molecular flexibility index (Phi) is 9.25. The highest BCUT2D eigenvalue weighted by molar-refractivity contribution is 6.15. The molecule has 0 saturated heterocycles. The second kappa shape index (κ2) is 16.5. The summed E-state index contributed by atoms with van der Waals surface area (Å²) in [5.74, 6) is 0. The molecule has 0 saturated carbocycles. The average molecular weight is 966 g/mol. The SMILES string of the molecule is c1ccc(-c2ccc3c4ccccc4n(-c4ccc5c(c4)C(c4ccccc4)(c4ccccc4)c4cc6c7ccc(-n8c9ccccc9c9ccc(-c%10ccccc%10)cc98)cc7n(-c7ccccc7)c6cc4-5)c3c2)cc1. The Morgan fingerprint density at radius 2 is 0.605 bits per heavy atom. The average Bonchev–Trinajstić information content (AvgIpc) is 4.22. The van der Waals surface area contributed by atoms with E-state index in [0.717, 1.165) is 22.6 Å². The highest BCUT2D eigenvalue weighted by atomic mass is 15.0. The van der Waals surface area contributed by atoms with Crippen LogP contribution in [0.1, 0.15) is 22.3 Å². The van der Waals surface area contributed by atoms with Crippen molar-refractivity contribution in [2.75, 3.05) is 0 Å². The van der Waals surface area contributed by atoms with Gasteiger partial charge in [0.1, 0.15) is 0 Å². The number of fused-ring (bicyclic) bond motifs is 12. The zero-order valence-corrected chi connectivity index (χ0v) is 41.5. The largest absolute Gasteiger partial charge is 0.309 e. The second-order valence-corrected chi connectivity index (χ2v) is 20.4. The molecule has 76 heavy (non-hydrogen) atoms. The van der Waals surface area contributed by atoms with Crippen molar-refractivity contribution in [2.24, 2.45) is 0 Å². The van der Waals surface area contributed by atoms with Gasteiger partial charge < -0.3 is 13.7 Å². The van der Waals surface area contributed by atoms with Crippen LogP contribution in [0.4, 0.5) is 0 Å². The van der Waals surface area contributed by atoms with Crippen molar-refractivity contribution >= 4 is 65.4 Å². The predicted molar refractivity (Wildman–Crippen MR) is 318 cm³/mol. The minimum atomic E-state index is -0.647. The van der Waals surface area contributed by atoms with E-state index in [9.17, 15) is 0 Å². The molecule has 15 aromatic rings. The fraction of sp³-hybridized carbons (Fsp3) is 0.0137. The van der Waals surface area contributed by atoms with Crippen molar-refractivity contribution in [1.82, 2.24) is 13.7 Å². The van der Waals surface area contributed by atoms with E-state index in [1.807, 2.05) is 0 Å². The van der Waals surface area contributed by atoms with Crippen molar-refractivity contribution in [3.63, 3.8) is 0 Å². The first-order valence-corrected chi connectivity index (χ1v) is 26.3. The monoisotopic (exact) mass is 965 g/mol. The summed E-state index contributed by atoms with van der Waals surface area (Å²) in [4.78, 5) is 0. The summed E-state index contributed by atoms with van der Waals surface area (Å²) in [5.41, 5.74) is 22.2. The molecule has 3 aromatic heterocycles. The highest BCUT2D eigenvalue weighted by Gasteiger charge is 2.47. The minimum absolute atomic E-state index is 0.647. The first-order valence-electron chi connectivity index (χ1n) is 26.3. The van der Waals surface area contributed by atoms with Crippen LogP contribution in [-0.4, -0.2) is 13.7 Å². The third kappa shape index (κ3) is 6.11. The van der Waals surface area contributed by atoms with Crippen molar-refractivity contribution in [3.05, 3.63) is 307 Å². The van der Waals surface area contributed by atoms with Crippen LogP contribution >= 0.6 is 0 Å². The van der Waals surface area contributed by atoms with E-state index < -0.39 is 5.41 Å². The smallest absolute Gasteiger partial charge is 0.0714 e. The van der Waals surface area contributed by atoms with Crippen molar-refractivity contribution < 1.29 is 0 Å². The molecule has 354 valence electrons. The minimum Gasteiger partial charge on any atom is -0.309 e. The lowest BCUT2D eigenvalue weighted by atomic mass is 9.67. The van der Waals surface area contributed by atoms with Crippen molar-refractivity contribution in [2.45, 2.75) is 5.41 Å². The Labute approximate surface area is 440 Å². The van der Waals surface area contributed by atoms with Gasteiger partial charge in [0, 0.05) is 49.4 Å². The van der Waals surface area contributed by atoms with Gasteiger partial charge >= 0.3 is 0 Å². The summed E-state index contributed by atoms with van der Waals surface area (Å²) in [6.07, 6.45) is 0. The van der Waals surface area contributed by atoms with Gasteiger partial charge in [-0.15, -0.1) is 0 Å². The fourth-order valence-electron chi connectivity index (χ4n) is 13.2. The maximum absolute atomic E-state index is 2.55. The van der Waals surface area contributed by atoms with Crippen molar-refractivity contribution in [3.8, 4) is 50.4 Å². The molecular formula is C73H47N3. The van der Waals surface area contributed by atoms with E-state index in [-0.39, 0.29) is 0 Å². The van der Waals surface area contributed by atoms with Crippen LogP contribution in [-0.2, 0) is 5.41 Å². The van der Waals surface area contributed by atoms with Crippen molar-refractivity contribution in [1.29, 1.82) is 0 Å². The van der Waals surface area contributed by atoms with E-state index in [0.29, 0.717) is 0 Å². The molecule has 3 heteroatoms. The molecule has 3 heterocycles. The molecule has 0 fully saturated rings.